The van der Waals surface area contributed by atoms with Crippen LogP contribution in [-0.4, -0.2) is 25.2 Å². The predicted octanol–water partition coefficient (Wildman–Crippen LogP) is 3.54. The molecule has 0 radical (unpaired) electrons. The van der Waals surface area contributed by atoms with E-state index in [4.69, 9.17) is 16.3 Å². The molecule has 114 valence electrons. The molecule has 0 bridgehead atoms. The van der Waals surface area contributed by atoms with Gasteiger partial charge in [0, 0.05) is 18.7 Å². The average molecular weight is 308 g/mol. The number of carbonyl (C=O) groups excluding carboxylic acids is 1. The van der Waals surface area contributed by atoms with Gasteiger partial charge in [-0.3, -0.25) is 4.79 Å². The standard InChI is InChI=1S/C17H22ClNO2/c1-9-10(2)21-11(3)16(9)17(18)12-5-6-14-13(7-12)8-15(20)19(14)4/h5-7,9-11,16-17H,8H2,1-4H3. The van der Waals surface area contributed by atoms with Gasteiger partial charge in [-0.15, -0.1) is 11.6 Å². The maximum absolute atomic E-state index is 11.8. The zero-order chi connectivity index (χ0) is 15.3. The Morgan fingerprint density at radius 1 is 1.29 bits per heavy atom. The van der Waals surface area contributed by atoms with Crippen molar-refractivity contribution in [2.75, 3.05) is 11.9 Å². The number of halogens is 1. The van der Waals surface area contributed by atoms with E-state index >= 15 is 0 Å². The van der Waals surface area contributed by atoms with Crippen molar-refractivity contribution in [2.45, 2.75) is 44.8 Å². The van der Waals surface area contributed by atoms with E-state index in [0.29, 0.717) is 18.3 Å². The zero-order valence-corrected chi connectivity index (χ0v) is 13.7. The van der Waals surface area contributed by atoms with Crippen LogP contribution >= 0.6 is 11.6 Å². The van der Waals surface area contributed by atoms with Crippen LogP contribution in [0, 0.1) is 11.8 Å². The fourth-order valence-corrected chi connectivity index (χ4v) is 4.25. The molecule has 1 saturated heterocycles. The van der Waals surface area contributed by atoms with E-state index in [-0.39, 0.29) is 23.5 Å². The number of ether oxygens (including phenoxy) is 1. The minimum absolute atomic E-state index is 0.0775. The van der Waals surface area contributed by atoms with E-state index in [1.165, 1.54) is 0 Å². The molecular weight excluding hydrogens is 286 g/mol. The fourth-order valence-electron chi connectivity index (χ4n) is 3.68. The van der Waals surface area contributed by atoms with E-state index < -0.39 is 0 Å². The first-order valence-corrected chi connectivity index (χ1v) is 8.02. The lowest BCUT2D eigenvalue weighted by atomic mass is 9.83. The van der Waals surface area contributed by atoms with Crippen LogP contribution in [0.25, 0.3) is 0 Å². The molecule has 0 aliphatic carbocycles. The Morgan fingerprint density at radius 2 is 2.00 bits per heavy atom. The number of nitrogens with zero attached hydrogens (tertiary/aromatic N) is 1. The molecule has 1 fully saturated rings. The molecule has 1 aromatic rings. The van der Waals surface area contributed by atoms with Gasteiger partial charge in [-0.2, -0.15) is 0 Å². The van der Waals surface area contributed by atoms with E-state index in [1.54, 1.807) is 4.90 Å². The highest BCUT2D eigenvalue weighted by atomic mass is 35.5. The van der Waals surface area contributed by atoms with Gasteiger partial charge in [-0.05, 0) is 37.0 Å². The molecule has 4 heteroatoms. The van der Waals surface area contributed by atoms with Crippen molar-refractivity contribution in [1.82, 2.24) is 0 Å². The molecule has 2 aliphatic heterocycles. The summed E-state index contributed by atoms with van der Waals surface area (Å²) < 4.78 is 5.91. The minimum atomic E-state index is -0.0775. The predicted molar refractivity (Wildman–Crippen MR) is 84.8 cm³/mol. The lowest BCUT2D eigenvalue weighted by Crippen LogP contribution is -2.22. The smallest absolute Gasteiger partial charge is 0.231 e. The second kappa shape index (κ2) is 5.29. The molecular formula is C17H22ClNO2. The lowest BCUT2D eigenvalue weighted by molar-refractivity contribution is -0.117. The summed E-state index contributed by atoms with van der Waals surface area (Å²) in [6, 6.07) is 6.16. The highest BCUT2D eigenvalue weighted by Gasteiger charge is 2.41. The molecule has 0 N–H and O–H groups in total. The van der Waals surface area contributed by atoms with Gasteiger partial charge in [-0.1, -0.05) is 19.1 Å². The summed E-state index contributed by atoms with van der Waals surface area (Å²) in [6.07, 6.45) is 0.884. The number of anilines is 1. The van der Waals surface area contributed by atoms with E-state index in [9.17, 15) is 4.79 Å². The van der Waals surface area contributed by atoms with Crippen LogP contribution in [0.3, 0.4) is 0 Å². The summed E-state index contributed by atoms with van der Waals surface area (Å²) >= 11 is 6.76. The van der Waals surface area contributed by atoms with Crippen LogP contribution in [0.1, 0.15) is 37.3 Å². The number of likely N-dealkylation sites (N-methyl/N-ethyl adjacent to an activating group) is 1. The van der Waals surface area contributed by atoms with Crippen molar-refractivity contribution < 1.29 is 9.53 Å². The Kier molecular flexibility index (Phi) is 3.74. The topological polar surface area (TPSA) is 29.5 Å². The largest absolute Gasteiger partial charge is 0.375 e. The van der Waals surface area contributed by atoms with Crippen molar-refractivity contribution in [3.8, 4) is 0 Å². The Labute approximate surface area is 131 Å². The first-order valence-electron chi connectivity index (χ1n) is 7.59. The summed E-state index contributed by atoms with van der Waals surface area (Å²) in [5, 5.41) is -0.0775. The molecule has 0 aromatic heterocycles. The third kappa shape index (κ3) is 2.36. The van der Waals surface area contributed by atoms with Crippen LogP contribution in [0.15, 0.2) is 18.2 Å². The number of carbonyl (C=O) groups is 1. The number of benzene rings is 1. The van der Waals surface area contributed by atoms with E-state index in [0.717, 1.165) is 16.8 Å². The molecule has 1 amide bonds. The second-order valence-electron chi connectivity index (χ2n) is 6.40. The van der Waals surface area contributed by atoms with Crippen molar-refractivity contribution >= 4 is 23.2 Å². The molecule has 5 atom stereocenters. The number of hydrogen-bond acceptors (Lipinski definition) is 2. The zero-order valence-electron chi connectivity index (χ0n) is 13.0. The highest BCUT2D eigenvalue weighted by molar-refractivity contribution is 6.21. The van der Waals surface area contributed by atoms with Gasteiger partial charge in [0.1, 0.15) is 0 Å². The molecule has 21 heavy (non-hydrogen) atoms. The van der Waals surface area contributed by atoms with Crippen LogP contribution in [0.4, 0.5) is 5.69 Å². The first kappa shape index (κ1) is 14.9. The Hall–Kier alpha value is -1.06. The molecule has 2 aliphatic rings. The number of fused-ring (bicyclic) bond motifs is 1. The van der Waals surface area contributed by atoms with Gasteiger partial charge in [0.25, 0.3) is 0 Å². The Balaban J connectivity index is 1.88. The van der Waals surface area contributed by atoms with Gasteiger partial charge in [-0.25, -0.2) is 0 Å². The SMILES string of the molecule is CC1OC(C)C(C(Cl)c2ccc3c(c2)CC(=O)N3C)C1C. The summed E-state index contributed by atoms with van der Waals surface area (Å²) in [6.45, 7) is 6.42. The number of amides is 1. The van der Waals surface area contributed by atoms with Crippen molar-refractivity contribution in [1.29, 1.82) is 0 Å². The Bertz CT molecular complexity index is 574. The number of rotatable bonds is 2. The van der Waals surface area contributed by atoms with Gasteiger partial charge in [0.05, 0.1) is 24.0 Å². The van der Waals surface area contributed by atoms with Crippen molar-refractivity contribution in [2.24, 2.45) is 11.8 Å². The molecule has 0 spiro atoms. The van der Waals surface area contributed by atoms with E-state index in [2.05, 4.69) is 26.8 Å². The van der Waals surface area contributed by atoms with Gasteiger partial charge >= 0.3 is 0 Å². The second-order valence-corrected chi connectivity index (χ2v) is 6.87. The normalized spacial score (nSPS) is 33.4. The summed E-state index contributed by atoms with van der Waals surface area (Å²) in [4.78, 5) is 13.5. The van der Waals surface area contributed by atoms with Crippen LogP contribution in [-0.2, 0) is 16.0 Å². The quantitative estimate of drug-likeness (QED) is 0.782. The lowest BCUT2D eigenvalue weighted by Gasteiger charge is -2.25. The van der Waals surface area contributed by atoms with Gasteiger partial charge in [0.2, 0.25) is 5.91 Å². The maximum atomic E-state index is 11.8. The third-order valence-corrected chi connectivity index (χ3v) is 5.70. The summed E-state index contributed by atoms with van der Waals surface area (Å²) in [7, 11) is 1.82. The number of alkyl halides is 1. The number of hydrogen-bond donors (Lipinski definition) is 0. The van der Waals surface area contributed by atoms with Crippen LogP contribution in [0.2, 0.25) is 0 Å². The van der Waals surface area contributed by atoms with Crippen LogP contribution < -0.4 is 4.90 Å². The van der Waals surface area contributed by atoms with E-state index in [1.807, 2.05) is 19.2 Å². The van der Waals surface area contributed by atoms with Gasteiger partial charge < -0.3 is 9.64 Å². The maximum Gasteiger partial charge on any atom is 0.231 e. The average Bonchev–Trinajstić information content (AvgIpc) is 2.86. The van der Waals surface area contributed by atoms with Crippen molar-refractivity contribution in [3.05, 3.63) is 29.3 Å². The minimum Gasteiger partial charge on any atom is -0.375 e. The first-order chi connectivity index (χ1) is 9.90. The fraction of sp³-hybridized carbons (Fsp3) is 0.588. The molecule has 5 unspecified atom stereocenters. The highest BCUT2D eigenvalue weighted by Crippen LogP contribution is 2.45. The molecule has 3 nitrogen and oxygen atoms in total. The molecule has 2 heterocycles. The summed E-state index contributed by atoms with van der Waals surface area (Å²) in [5.41, 5.74) is 3.18. The molecule has 1 aromatic carbocycles. The molecule has 3 rings (SSSR count). The third-order valence-electron chi connectivity index (χ3n) is 5.16. The molecule has 0 saturated carbocycles. The van der Waals surface area contributed by atoms with Crippen molar-refractivity contribution in [3.63, 3.8) is 0 Å². The monoisotopic (exact) mass is 307 g/mol. The van der Waals surface area contributed by atoms with Crippen LogP contribution in [0.5, 0.6) is 0 Å². The summed E-state index contributed by atoms with van der Waals surface area (Å²) in [5.74, 6) is 0.877. The Morgan fingerprint density at radius 3 is 2.62 bits per heavy atom. The van der Waals surface area contributed by atoms with Gasteiger partial charge in [0.15, 0.2) is 0 Å².